The van der Waals surface area contributed by atoms with Crippen LogP contribution in [-0.4, -0.2) is 55.0 Å². The minimum absolute atomic E-state index is 0.0197. The highest BCUT2D eigenvalue weighted by molar-refractivity contribution is 6.74. The predicted molar refractivity (Wildman–Crippen MR) is 191 cm³/mol. The van der Waals surface area contributed by atoms with Crippen molar-refractivity contribution in [2.75, 3.05) is 12.3 Å². The average Bonchev–Trinajstić information content (AvgIpc) is 3.54. The van der Waals surface area contributed by atoms with E-state index in [1.165, 1.54) is 0 Å². The maximum Gasteiger partial charge on any atom is 0.306 e. The van der Waals surface area contributed by atoms with Crippen LogP contribution < -0.4 is 15.2 Å². The normalized spacial score (nSPS) is 19.3. The molecule has 1 aliphatic rings. The van der Waals surface area contributed by atoms with Gasteiger partial charge in [0.05, 0.1) is 12.7 Å². The van der Waals surface area contributed by atoms with E-state index in [1.54, 1.807) is 0 Å². The molecule has 1 aliphatic heterocycles. The summed E-state index contributed by atoms with van der Waals surface area (Å²) in [7, 11) is -4.24. The maximum atomic E-state index is 7.05. The summed E-state index contributed by atoms with van der Waals surface area (Å²) in [5.74, 6) is 0.970. The van der Waals surface area contributed by atoms with Crippen LogP contribution >= 0.6 is 0 Å². The lowest BCUT2D eigenvalue weighted by Gasteiger charge is -2.40. The Morgan fingerprint density at radius 1 is 0.851 bits per heavy atom. The van der Waals surface area contributed by atoms with Gasteiger partial charge < -0.3 is 28.8 Å². The molecule has 12 heteroatoms. The minimum atomic E-state index is -2.17. The molecule has 2 aromatic carbocycles. The van der Waals surface area contributed by atoms with Gasteiger partial charge in [0.25, 0.3) is 0 Å². The van der Waals surface area contributed by atoms with Crippen molar-refractivity contribution in [2.24, 2.45) is 0 Å². The molecule has 2 aromatic heterocycles. The third-order valence-corrected chi connectivity index (χ3v) is 18.8. The number of nitrogens with two attached hydrogens (primary N) is 1. The molecule has 47 heavy (non-hydrogen) atoms. The van der Waals surface area contributed by atoms with Gasteiger partial charge >= 0.3 is 6.01 Å². The Morgan fingerprint density at radius 3 is 2.09 bits per heavy atom. The first-order valence-corrected chi connectivity index (χ1v) is 22.2. The maximum absolute atomic E-state index is 7.05. The number of rotatable bonds is 11. The Kier molecular flexibility index (Phi) is 9.92. The van der Waals surface area contributed by atoms with Gasteiger partial charge in [-0.25, -0.2) is 0 Å². The summed E-state index contributed by atoms with van der Waals surface area (Å²) in [6, 6.07) is 19.7. The summed E-state index contributed by atoms with van der Waals surface area (Å²) in [5, 5.41) is 0.0779. The number of nitrogens with zero attached hydrogens (tertiary/aromatic N) is 4. The van der Waals surface area contributed by atoms with Crippen LogP contribution in [0.5, 0.6) is 17.6 Å². The Labute approximate surface area is 281 Å². The molecule has 5 rings (SSSR count). The quantitative estimate of drug-likeness (QED) is 0.156. The second-order valence-corrected chi connectivity index (χ2v) is 24.9. The van der Waals surface area contributed by atoms with Crippen molar-refractivity contribution in [1.82, 2.24) is 19.5 Å². The monoisotopic (exact) mass is 677 g/mol. The Hall–Kier alpha value is -3.30. The van der Waals surface area contributed by atoms with Crippen molar-refractivity contribution in [3.8, 4) is 17.6 Å². The molecule has 0 unspecified atom stereocenters. The molecule has 1 fully saturated rings. The zero-order chi connectivity index (χ0) is 34.2. The Bertz CT molecular complexity index is 1650. The van der Waals surface area contributed by atoms with E-state index >= 15 is 0 Å². The van der Waals surface area contributed by atoms with Crippen LogP contribution in [0.4, 0.5) is 5.95 Å². The largest absolute Gasteiger partial charge is 0.471 e. The topological polar surface area (TPSA) is 116 Å². The number of aromatic nitrogens is 4. The molecule has 2 N–H and O–H groups in total. The smallest absolute Gasteiger partial charge is 0.306 e. The summed E-state index contributed by atoms with van der Waals surface area (Å²) >= 11 is 0. The molecule has 1 saturated heterocycles. The second kappa shape index (κ2) is 13.3. The fourth-order valence-corrected chi connectivity index (χ4v) is 7.26. The highest BCUT2D eigenvalue weighted by atomic mass is 28.4. The second-order valence-electron chi connectivity index (χ2n) is 15.4. The van der Waals surface area contributed by atoms with Crippen LogP contribution in [0.2, 0.25) is 36.3 Å². The fraction of sp³-hybridized carbons (Fsp3) is 0.514. The lowest BCUT2D eigenvalue weighted by atomic mass is 10.2. The van der Waals surface area contributed by atoms with Crippen LogP contribution in [0.3, 0.4) is 0 Å². The zero-order valence-corrected chi connectivity index (χ0v) is 31.5. The van der Waals surface area contributed by atoms with Crippen LogP contribution in [-0.2, 0) is 20.2 Å². The van der Waals surface area contributed by atoms with Gasteiger partial charge in [0, 0.05) is 6.42 Å². The van der Waals surface area contributed by atoms with Crippen molar-refractivity contribution in [1.29, 1.82) is 0 Å². The number of hydrogen-bond donors (Lipinski definition) is 1. The molecule has 10 nitrogen and oxygen atoms in total. The van der Waals surface area contributed by atoms with Crippen LogP contribution in [0.25, 0.3) is 11.2 Å². The molecule has 4 aromatic rings. The van der Waals surface area contributed by atoms with Crippen LogP contribution in [0, 0.1) is 0 Å². The summed E-state index contributed by atoms with van der Waals surface area (Å²) < 4.78 is 35.1. The van der Waals surface area contributed by atoms with Gasteiger partial charge in [0.2, 0.25) is 11.8 Å². The highest BCUT2D eigenvalue weighted by Crippen LogP contribution is 2.44. The lowest BCUT2D eigenvalue weighted by Crippen LogP contribution is -2.48. The Morgan fingerprint density at radius 2 is 1.47 bits per heavy atom. The highest BCUT2D eigenvalue weighted by Gasteiger charge is 2.47. The molecule has 0 bridgehead atoms. The molecular formula is C35H51N5O5Si2. The van der Waals surface area contributed by atoms with Gasteiger partial charge in [-0.15, -0.1) is 0 Å². The van der Waals surface area contributed by atoms with Gasteiger partial charge in [-0.3, -0.25) is 4.57 Å². The summed E-state index contributed by atoms with van der Waals surface area (Å²) in [5.41, 5.74) is 8.18. The number of benzene rings is 2. The first-order valence-electron chi connectivity index (χ1n) is 16.4. The van der Waals surface area contributed by atoms with Gasteiger partial charge in [-0.1, -0.05) is 90.1 Å². The average molecular weight is 678 g/mol. The van der Waals surface area contributed by atoms with Crippen LogP contribution in [0.1, 0.15) is 59.8 Å². The molecule has 254 valence electrons. The number of fused-ring (bicyclic) bond motifs is 1. The van der Waals surface area contributed by atoms with E-state index in [0.29, 0.717) is 42.6 Å². The van der Waals surface area contributed by atoms with E-state index in [-0.39, 0.29) is 34.1 Å². The molecule has 3 atom stereocenters. The van der Waals surface area contributed by atoms with E-state index in [9.17, 15) is 0 Å². The van der Waals surface area contributed by atoms with Gasteiger partial charge in [0.15, 0.2) is 27.8 Å². The lowest BCUT2D eigenvalue weighted by molar-refractivity contribution is -0.0400. The van der Waals surface area contributed by atoms with Crippen LogP contribution in [0.15, 0.2) is 60.7 Å². The number of anilines is 1. The Balaban J connectivity index is 1.55. The van der Waals surface area contributed by atoms with Gasteiger partial charge in [-0.05, 0) is 54.0 Å². The van der Waals surface area contributed by atoms with Gasteiger partial charge in [0.1, 0.15) is 24.7 Å². The standard InChI is InChI=1S/C35H51N5O5Si2/c1-34(2,3)46(7,8)42-23-27-26(45-47(9,10)35(4,5)6)21-28(44-27)40-30-29(37-33(40)43-25-19-15-12-16-20-25)31(39-32(36)38-30)41-22-24-17-13-11-14-18-24/h11-20,26-28H,21-23H2,1-10H3,(H2,36,38,39)/t26-,27+,28+/m0/s1. The van der Waals surface area contributed by atoms with E-state index in [4.69, 9.17) is 33.8 Å². The van der Waals surface area contributed by atoms with Crippen molar-refractivity contribution in [3.05, 3.63) is 66.2 Å². The SMILES string of the molecule is CC(C)(C)[Si](C)(C)OC[C@H]1O[C@@H](n2c(Oc3ccccc3)nc3c(OCc4ccccc4)nc(N)nc32)C[C@@H]1O[Si](C)(C)C(C)(C)C. The molecule has 3 heterocycles. The number of hydrogen-bond acceptors (Lipinski definition) is 9. The van der Waals surface area contributed by atoms with E-state index < -0.39 is 22.9 Å². The molecule has 0 spiro atoms. The van der Waals surface area contributed by atoms with Crippen molar-refractivity contribution < 1.29 is 23.1 Å². The third kappa shape index (κ3) is 7.89. The first kappa shape index (κ1) is 35.0. The first-order chi connectivity index (χ1) is 21.9. The van der Waals surface area contributed by atoms with Crippen molar-refractivity contribution >= 4 is 33.7 Å². The summed E-state index contributed by atoms with van der Waals surface area (Å²) in [4.78, 5) is 14.0. The van der Waals surface area contributed by atoms with Gasteiger partial charge in [-0.2, -0.15) is 15.0 Å². The van der Waals surface area contributed by atoms with Crippen molar-refractivity contribution in [2.45, 2.75) is 109 Å². The minimum Gasteiger partial charge on any atom is -0.471 e. The van der Waals surface area contributed by atoms with E-state index in [0.717, 1.165) is 5.56 Å². The molecule has 0 radical (unpaired) electrons. The summed E-state index contributed by atoms with van der Waals surface area (Å²) in [6.45, 7) is 23.3. The molecule has 0 aliphatic carbocycles. The number of ether oxygens (including phenoxy) is 3. The van der Waals surface area contributed by atoms with E-state index in [2.05, 4.69) is 77.7 Å². The van der Waals surface area contributed by atoms with E-state index in [1.807, 2.05) is 65.2 Å². The summed E-state index contributed by atoms with van der Waals surface area (Å²) in [6.07, 6.45) is -0.477. The predicted octanol–water partition coefficient (Wildman–Crippen LogP) is 8.48. The zero-order valence-electron chi connectivity index (χ0n) is 29.5. The number of imidazole rings is 1. The molecule has 0 saturated carbocycles. The van der Waals surface area contributed by atoms with Crippen molar-refractivity contribution in [3.63, 3.8) is 0 Å². The fourth-order valence-electron chi connectivity index (χ4n) is 4.89. The number of para-hydroxylation sites is 1. The third-order valence-electron chi connectivity index (χ3n) is 9.80. The molecule has 0 amide bonds. The number of nitrogen functional groups attached to an aromatic ring is 1. The molecular weight excluding hydrogens is 627 g/mol.